The molecule has 0 rings (SSSR count). The standard InChI is InChI=1S/C16H22F6O6/c1-6-13(4,5)10(23)26-7-8-27-11(24)14(17,18)16(21,22)15(19,20)12(25)28-9(2)3/h9H,6-8H2,1-5H3. The highest BCUT2D eigenvalue weighted by atomic mass is 19.3. The van der Waals surface area contributed by atoms with E-state index in [2.05, 4.69) is 14.2 Å². The van der Waals surface area contributed by atoms with Crippen LogP contribution in [0.25, 0.3) is 0 Å². The molecule has 0 aliphatic heterocycles. The lowest BCUT2D eigenvalue weighted by atomic mass is 9.91. The second-order valence-corrected chi connectivity index (χ2v) is 6.69. The summed E-state index contributed by atoms with van der Waals surface area (Å²) < 4.78 is 93.6. The molecule has 0 fully saturated rings. The number of carbonyl (C=O) groups excluding carboxylic acids is 3. The maximum atomic E-state index is 13.6. The molecule has 0 atom stereocenters. The van der Waals surface area contributed by atoms with Crippen LogP contribution >= 0.6 is 0 Å². The number of rotatable bonds is 10. The molecule has 0 spiro atoms. The van der Waals surface area contributed by atoms with Gasteiger partial charge in [-0.05, 0) is 34.1 Å². The fraction of sp³-hybridized carbons (Fsp3) is 0.812. The van der Waals surface area contributed by atoms with Crippen LogP contribution < -0.4 is 0 Å². The van der Waals surface area contributed by atoms with Crippen LogP contribution in [0.1, 0.15) is 41.0 Å². The van der Waals surface area contributed by atoms with Gasteiger partial charge in [-0.25, -0.2) is 9.59 Å². The van der Waals surface area contributed by atoms with Crippen LogP contribution in [0.2, 0.25) is 0 Å². The molecule has 164 valence electrons. The number of esters is 3. The Morgan fingerprint density at radius 2 is 1.18 bits per heavy atom. The summed E-state index contributed by atoms with van der Waals surface area (Å²) in [5.41, 5.74) is -0.931. The van der Waals surface area contributed by atoms with Crippen LogP contribution in [0.5, 0.6) is 0 Å². The van der Waals surface area contributed by atoms with E-state index in [9.17, 15) is 40.7 Å². The van der Waals surface area contributed by atoms with Crippen molar-refractivity contribution in [2.24, 2.45) is 5.41 Å². The molecule has 0 amide bonds. The quantitative estimate of drug-likeness (QED) is 0.232. The number of alkyl halides is 6. The minimum absolute atomic E-state index is 0.359. The van der Waals surface area contributed by atoms with Crippen molar-refractivity contribution in [1.82, 2.24) is 0 Å². The predicted octanol–water partition coefficient (Wildman–Crippen LogP) is 3.37. The van der Waals surface area contributed by atoms with E-state index in [4.69, 9.17) is 0 Å². The van der Waals surface area contributed by atoms with Crippen LogP contribution in [0.15, 0.2) is 0 Å². The van der Waals surface area contributed by atoms with Crippen molar-refractivity contribution in [2.45, 2.75) is 64.9 Å². The van der Waals surface area contributed by atoms with E-state index in [0.29, 0.717) is 6.42 Å². The summed E-state index contributed by atoms with van der Waals surface area (Å²) >= 11 is 0. The van der Waals surface area contributed by atoms with E-state index < -0.39 is 60.4 Å². The highest BCUT2D eigenvalue weighted by Crippen LogP contribution is 2.47. The van der Waals surface area contributed by atoms with E-state index in [0.717, 1.165) is 13.8 Å². The van der Waals surface area contributed by atoms with Gasteiger partial charge < -0.3 is 14.2 Å². The summed E-state index contributed by atoms with van der Waals surface area (Å²) in [5, 5.41) is 0. The number of halogens is 6. The summed E-state index contributed by atoms with van der Waals surface area (Å²) in [7, 11) is 0. The Balaban J connectivity index is 5.05. The predicted molar refractivity (Wildman–Crippen MR) is 82.1 cm³/mol. The SMILES string of the molecule is CCC(C)(C)C(=O)OCCOC(=O)C(F)(F)C(F)(F)C(F)(F)C(=O)OC(C)C. The molecule has 0 N–H and O–H groups in total. The van der Waals surface area contributed by atoms with Crippen LogP contribution in [-0.2, 0) is 28.6 Å². The Bertz CT molecular complexity index is 588. The molecule has 0 aromatic heterocycles. The number of ether oxygens (including phenoxy) is 3. The smallest absolute Gasteiger partial charge is 0.411 e. The van der Waals surface area contributed by atoms with E-state index in [1.165, 1.54) is 13.8 Å². The molecule has 0 aromatic carbocycles. The first-order valence-corrected chi connectivity index (χ1v) is 8.14. The van der Waals surface area contributed by atoms with E-state index in [-0.39, 0.29) is 0 Å². The Labute approximate surface area is 157 Å². The van der Waals surface area contributed by atoms with Crippen molar-refractivity contribution >= 4 is 17.9 Å². The molecule has 0 unspecified atom stereocenters. The highest BCUT2D eigenvalue weighted by molar-refractivity contribution is 5.84. The molecule has 0 bridgehead atoms. The Kier molecular flexibility index (Phi) is 8.35. The number of carbonyl (C=O) groups is 3. The molecular weight excluding hydrogens is 402 g/mol. The molecule has 0 aromatic rings. The second kappa shape index (κ2) is 8.99. The van der Waals surface area contributed by atoms with E-state index in [1.807, 2.05) is 0 Å². The summed E-state index contributed by atoms with van der Waals surface area (Å²) in [6.45, 7) is 4.88. The molecular formula is C16H22F6O6. The zero-order valence-electron chi connectivity index (χ0n) is 15.9. The molecule has 0 aliphatic rings. The van der Waals surface area contributed by atoms with Crippen LogP contribution in [-0.4, -0.2) is 55.0 Å². The third-order valence-electron chi connectivity index (χ3n) is 3.63. The third kappa shape index (κ3) is 5.51. The van der Waals surface area contributed by atoms with E-state index >= 15 is 0 Å². The van der Waals surface area contributed by atoms with Gasteiger partial charge in [-0.2, -0.15) is 26.3 Å². The van der Waals surface area contributed by atoms with Gasteiger partial charge in [-0.3, -0.25) is 4.79 Å². The average molecular weight is 424 g/mol. The molecule has 0 aliphatic carbocycles. The molecule has 6 nitrogen and oxygen atoms in total. The Morgan fingerprint density at radius 1 is 0.786 bits per heavy atom. The largest absolute Gasteiger partial charge is 0.462 e. The maximum absolute atomic E-state index is 13.6. The number of hydrogen-bond donors (Lipinski definition) is 0. The van der Waals surface area contributed by atoms with Gasteiger partial charge in [0.25, 0.3) is 0 Å². The molecule has 28 heavy (non-hydrogen) atoms. The van der Waals surface area contributed by atoms with Gasteiger partial charge in [0.1, 0.15) is 13.2 Å². The van der Waals surface area contributed by atoms with Gasteiger partial charge in [0.05, 0.1) is 11.5 Å². The topological polar surface area (TPSA) is 78.9 Å². The molecule has 0 radical (unpaired) electrons. The first kappa shape index (κ1) is 26.0. The molecule has 12 heteroatoms. The zero-order chi connectivity index (χ0) is 22.6. The van der Waals surface area contributed by atoms with Crippen molar-refractivity contribution in [1.29, 1.82) is 0 Å². The fourth-order valence-corrected chi connectivity index (χ4v) is 1.44. The van der Waals surface area contributed by atoms with Crippen LogP contribution in [0.3, 0.4) is 0 Å². The Morgan fingerprint density at radius 3 is 1.57 bits per heavy atom. The minimum atomic E-state index is -6.43. The molecule has 0 heterocycles. The first-order chi connectivity index (χ1) is 12.4. The summed E-state index contributed by atoms with van der Waals surface area (Å²) in [6, 6.07) is 0. The van der Waals surface area contributed by atoms with Crippen molar-refractivity contribution in [3.8, 4) is 0 Å². The average Bonchev–Trinajstić information content (AvgIpc) is 2.56. The van der Waals surface area contributed by atoms with Gasteiger partial charge >= 0.3 is 35.7 Å². The highest BCUT2D eigenvalue weighted by Gasteiger charge is 2.79. The van der Waals surface area contributed by atoms with Crippen LogP contribution in [0, 0.1) is 5.41 Å². The fourth-order valence-electron chi connectivity index (χ4n) is 1.44. The van der Waals surface area contributed by atoms with Crippen LogP contribution in [0.4, 0.5) is 26.3 Å². The van der Waals surface area contributed by atoms with Crippen molar-refractivity contribution in [2.75, 3.05) is 13.2 Å². The lowest BCUT2D eigenvalue weighted by molar-refractivity contribution is -0.302. The second-order valence-electron chi connectivity index (χ2n) is 6.69. The normalized spacial score (nSPS) is 13.3. The maximum Gasteiger partial charge on any atom is 0.411 e. The van der Waals surface area contributed by atoms with E-state index in [1.54, 1.807) is 6.92 Å². The molecule has 0 saturated carbocycles. The van der Waals surface area contributed by atoms with Crippen molar-refractivity contribution < 1.29 is 54.9 Å². The zero-order valence-corrected chi connectivity index (χ0v) is 15.9. The summed E-state index contributed by atoms with van der Waals surface area (Å²) in [4.78, 5) is 33.9. The number of hydrogen-bond acceptors (Lipinski definition) is 6. The first-order valence-electron chi connectivity index (χ1n) is 8.14. The third-order valence-corrected chi connectivity index (χ3v) is 3.63. The Hall–Kier alpha value is -2.01. The summed E-state index contributed by atoms with van der Waals surface area (Å²) in [6.07, 6.45) is -0.936. The molecule has 0 saturated heterocycles. The lowest BCUT2D eigenvalue weighted by Crippen LogP contribution is -2.62. The monoisotopic (exact) mass is 424 g/mol. The van der Waals surface area contributed by atoms with Gasteiger partial charge in [0, 0.05) is 0 Å². The van der Waals surface area contributed by atoms with Gasteiger partial charge in [-0.15, -0.1) is 0 Å². The minimum Gasteiger partial charge on any atom is -0.462 e. The van der Waals surface area contributed by atoms with Crippen molar-refractivity contribution in [3.05, 3.63) is 0 Å². The summed E-state index contributed by atoms with van der Waals surface area (Å²) in [5.74, 6) is -25.2. The van der Waals surface area contributed by atoms with Gasteiger partial charge in [0.15, 0.2) is 0 Å². The van der Waals surface area contributed by atoms with Gasteiger partial charge in [-0.1, -0.05) is 6.92 Å². The lowest BCUT2D eigenvalue weighted by Gasteiger charge is -2.30. The van der Waals surface area contributed by atoms with Gasteiger partial charge in [0.2, 0.25) is 0 Å². The van der Waals surface area contributed by atoms with Crippen molar-refractivity contribution in [3.63, 3.8) is 0 Å².